The third-order valence-electron chi connectivity index (χ3n) is 4.34. The van der Waals surface area contributed by atoms with Gasteiger partial charge in [0.25, 0.3) is 0 Å². The second-order valence-corrected chi connectivity index (χ2v) is 5.61. The summed E-state index contributed by atoms with van der Waals surface area (Å²) in [6.45, 7) is 1.09. The Morgan fingerprint density at radius 3 is 2.80 bits per heavy atom. The molecule has 0 unspecified atom stereocenters. The van der Waals surface area contributed by atoms with Gasteiger partial charge in [-0.05, 0) is 24.3 Å². The number of ether oxygens (including phenoxy) is 1. The molecule has 1 saturated heterocycles. The molecule has 1 amide bonds. The van der Waals surface area contributed by atoms with Crippen molar-refractivity contribution < 1.29 is 19.4 Å². The van der Waals surface area contributed by atoms with Crippen LogP contribution in [0.25, 0.3) is 0 Å². The molecule has 2 fully saturated rings. The van der Waals surface area contributed by atoms with E-state index < -0.39 is 17.5 Å². The van der Waals surface area contributed by atoms with E-state index in [0.29, 0.717) is 13.0 Å². The Kier molecular flexibility index (Phi) is 3.12. The number of amides is 1. The number of piperidine rings is 1. The van der Waals surface area contributed by atoms with Gasteiger partial charge in [-0.25, -0.2) is 4.79 Å². The average molecular weight is 275 g/mol. The number of rotatable bonds is 3. The molecule has 1 N–H and O–H groups in total. The Balaban J connectivity index is 1.57. The zero-order chi connectivity index (χ0) is 14.2. The van der Waals surface area contributed by atoms with Gasteiger partial charge in [-0.15, -0.1) is 0 Å². The third kappa shape index (κ3) is 2.24. The summed E-state index contributed by atoms with van der Waals surface area (Å²) >= 11 is 0. The molecule has 5 nitrogen and oxygen atoms in total. The molecule has 1 aromatic rings. The molecule has 1 aromatic carbocycles. The molecule has 20 heavy (non-hydrogen) atoms. The second-order valence-electron chi connectivity index (χ2n) is 5.61. The van der Waals surface area contributed by atoms with E-state index in [1.807, 2.05) is 30.3 Å². The molecule has 5 heteroatoms. The fraction of sp³-hybridized carbons (Fsp3) is 0.467. The van der Waals surface area contributed by atoms with Gasteiger partial charge in [0.05, 0.1) is 5.41 Å². The Bertz CT molecular complexity index is 530. The van der Waals surface area contributed by atoms with Crippen LogP contribution >= 0.6 is 0 Å². The van der Waals surface area contributed by atoms with Crippen molar-refractivity contribution in [3.05, 3.63) is 35.9 Å². The number of carboxylic acids is 1. The molecule has 1 aliphatic carbocycles. The summed E-state index contributed by atoms with van der Waals surface area (Å²) in [5.74, 6) is -0.554. The van der Waals surface area contributed by atoms with E-state index >= 15 is 0 Å². The first kappa shape index (κ1) is 13.0. The highest BCUT2D eigenvalue weighted by Gasteiger charge is 2.63. The second kappa shape index (κ2) is 4.81. The highest BCUT2D eigenvalue weighted by Crippen LogP contribution is 2.57. The maximum absolute atomic E-state index is 12.0. The van der Waals surface area contributed by atoms with Crippen LogP contribution in [0, 0.1) is 11.3 Å². The minimum Gasteiger partial charge on any atom is -0.481 e. The minimum absolute atomic E-state index is 0.222. The molecule has 1 aliphatic heterocycles. The monoisotopic (exact) mass is 275 g/mol. The number of nitrogens with zero attached hydrogens (tertiary/aromatic N) is 1. The number of carbonyl (C=O) groups excluding carboxylic acids is 1. The summed E-state index contributed by atoms with van der Waals surface area (Å²) in [6, 6.07) is 9.45. The molecule has 106 valence electrons. The van der Waals surface area contributed by atoms with Crippen LogP contribution in [0.3, 0.4) is 0 Å². The van der Waals surface area contributed by atoms with Crippen molar-refractivity contribution in [2.24, 2.45) is 11.3 Å². The van der Waals surface area contributed by atoms with E-state index in [1.165, 1.54) is 4.90 Å². The van der Waals surface area contributed by atoms with Gasteiger partial charge in [0.15, 0.2) is 0 Å². The SMILES string of the molecule is O=C(OCc1ccccc1)N1CC[C@H]2C[C@@]2(C(=O)O)C1. The average Bonchev–Trinajstić information content (AvgIpc) is 3.21. The number of benzene rings is 1. The molecule has 0 aromatic heterocycles. The quantitative estimate of drug-likeness (QED) is 0.917. The number of aliphatic carboxylic acids is 1. The highest BCUT2D eigenvalue weighted by atomic mass is 16.6. The summed E-state index contributed by atoms with van der Waals surface area (Å²) < 4.78 is 5.25. The highest BCUT2D eigenvalue weighted by molar-refractivity contribution is 5.80. The number of hydrogen-bond donors (Lipinski definition) is 1. The predicted molar refractivity (Wildman–Crippen MR) is 71.0 cm³/mol. The van der Waals surface area contributed by atoms with E-state index in [-0.39, 0.29) is 19.1 Å². The van der Waals surface area contributed by atoms with Gasteiger partial charge in [-0.2, -0.15) is 0 Å². The van der Waals surface area contributed by atoms with Crippen molar-refractivity contribution in [2.45, 2.75) is 19.4 Å². The standard InChI is InChI=1S/C15H17NO4/c17-13(18)15-8-12(15)6-7-16(10-15)14(19)20-9-11-4-2-1-3-5-11/h1-5,12H,6-10H2,(H,17,18)/t12-,15+/m0/s1. The van der Waals surface area contributed by atoms with E-state index in [1.54, 1.807) is 0 Å². The van der Waals surface area contributed by atoms with E-state index in [0.717, 1.165) is 12.0 Å². The number of fused-ring (bicyclic) bond motifs is 1. The van der Waals surface area contributed by atoms with Gasteiger partial charge in [0.1, 0.15) is 6.61 Å². The van der Waals surface area contributed by atoms with Gasteiger partial charge in [0, 0.05) is 13.1 Å². The normalized spacial score (nSPS) is 27.6. The first-order valence-corrected chi connectivity index (χ1v) is 6.81. The van der Waals surface area contributed by atoms with E-state index in [4.69, 9.17) is 4.74 Å². The summed E-state index contributed by atoms with van der Waals surface area (Å²) in [5, 5.41) is 9.27. The predicted octanol–water partition coefficient (Wildman–Crippen LogP) is 2.12. The van der Waals surface area contributed by atoms with Gasteiger partial charge in [0.2, 0.25) is 0 Å². The van der Waals surface area contributed by atoms with Crippen LogP contribution in [0.15, 0.2) is 30.3 Å². The number of likely N-dealkylation sites (tertiary alicyclic amines) is 1. The van der Waals surface area contributed by atoms with Crippen LogP contribution in [0.1, 0.15) is 18.4 Å². The fourth-order valence-corrected chi connectivity index (χ4v) is 2.98. The Hall–Kier alpha value is -2.04. The maximum atomic E-state index is 12.0. The first-order valence-electron chi connectivity index (χ1n) is 6.81. The van der Waals surface area contributed by atoms with Gasteiger partial charge in [-0.1, -0.05) is 30.3 Å². The summed E-state index contributed by atoms with van der Waals surface area (Å²) in [4.78, 5) is 24.8. The lowest BCUT2D eigenvalue weighted by molar-refractivity contribution is -0.145. The van der Waals surface area contributed by atoms with E-state index in [9.17, 15) is 14.7 Å². The van der Waals surface area contributed by atoms with Crippen LogP contribution in [-0.2, 0) is 16.1 Å². The first-order chi connectivity index (χ1) is 9.62. The van der Waals surface area contributed by atoms with Crippen molar-refractivity contribution in [3.8, 4) is 0 Å². The Morgan fingerprint density at radius 1 is 1.35 bits per heavy atom. The molecule has 1 saturated carbocycles. The van der Waals surface area contributed by atoms with Crippen LogP contribution in [0.2, 0.25) is 0 Å². The smallest absolute Gasteiger partial charge is 0.410 e. The molecule has 2 aliphatic rings. The van der Waals surface area contributed by atoms with Crippen molar-refractivity contribution in [3.63, 3.8) is 0 Å². The summed E-state index contributed by atoms with van der Waals surface area (Å²) in [7, 11) is 0. The van der Waals surface area contributed by atoms with Crippen molar-refractivity contribution in [1.82, 2.24) is 4.90 Å². The lowest BCUT2D eigenvalue weighted by atomic mass is 9.98. The van der Waals surface area contributed by atoms with Gasteiger partial charge < -0.3 is 14.7 Å². The number of carbonyl (C=O) groups is 2. The topological polar surface area (TPSA) is 66.8 Å². The maximum Gasteiger partial charge on any atom is 0.410 e. The molecule has 0 radical (unpaired) electrons. The minimum atomic E-state index is -0.789. The van der Waals surface area contributed by atoms with Crippen molar-refractivity contribution >= 4 is 12.1 Å². The van der Waals surface area contributed by atoms with Crippen molar-refractivity contribution in [1.29, 1.82) is 0 Å². The molecular formula is C15H17NO4. The molecule has 2 atom stereocenters. The Morgan fingerprint density at radius 2 is 2.10 bits per heavy atom. The summed E-state index contributed by atoms with van der Waals surface area (Å²) in [5.41, 5.74) is 0.222. The molecular weight excluding hydrogens is 258 g/mol. The lowest BCUT2D eigenvalue weighted by Crippen LogP contribution is -2.44. The zero-order valence-corrected chi connectivity index (χ0v) is 11.1. The number of hydrogen-bond acceptors (Lipinski definition) is 3. The Labute approximate surface area is 117 Å². The van der Waals surface area contributed by atoms with Crippen LogP contribution in [0.4, 0.5) is 4.79 Å². The third-order valence-corrected chi connectivity index (χ3v) is 4.34. The zero-order valence-electron chi connectivity index (χ0n) is 11.1. The number of carboxylic acid groups (broad SMARTS) is 1. The van der Waals surface area contributed by atoms with E-state index in [2.05, 4.69) is 0 Å². The molecule has 0 spiro atoms. The van der Waals surface area contributed by atoms with Gasteiger partial charge in [-0.3, -0.25) is 4.79 Å². The summed E-state index contributed by atoms with van der Waals surface area (Å²) in [6.07, 6.45) is 1.03. The van der Waals surface area contributed by atoms with Crippen molar-refractivity contribution in [2.75, 3.05) is 13.1 Å². The molecule has 1 heterocycles. The fourth-order valence-electron chi connectivity index (χ4n) is 2.98. The molecule has 0 bridgehead atoms. The largest absolute Gasteiger partial charge is 0.481 e. The van der Waals surface area contributed by atoms with Crippen LogP contribution in [0.5, 0.6) is 0 Å². The molecule has 3 rings (SSSR count). The lowest BCUT2D eigenvalue weighted by Gasteiger charge is -2.29. The van der Waals surface area contributed by atoms with Crippen LogP contribution < -0.4 is 0 Å². The van der Waals surface area contributed by atoms with Gasteiger partial charge >= 0.3 is 12.1 Å². The van der Waals surface area contributed by atoms with Crippen LogP contribution in [-0.4, -0.2) is 35.2 Å².